The van der Waals surface area contributed by atoms with E-state index in [0.717, 1.165) is 55.3 Å². The number of aryl methyl sites for hydroxylation is 1. The number of hydrogen-bond acceptors (Lipinski definition) is 7. The van der Waals surface area contributed by atoms with Crippen molar-refractivity contribution >= 4 is 45.5 Å². The van der Waals surface area contributed by atoms with Crippen molar-refractivity contribution in [1.82, 2.24) is 34.1 Å². The third kappa shape index (κ3) is 7.14. The highest BCUT2D eigenvalue weighted by Crippen LogP contribution is 2.38. The van der Waals surface area contributed by atoms with Crippen molar-refractivity contribution in [3.05, 3.63) is 88.1 Å². The van der Waals surface area contributed by atoms with Gasteiger partial charge >= 0.3 is 11.9 Å². The van der Waals surface area contributed by atoms with E-state index in [0.29, 0.717) is 35.4 Å². The summed E-state index contributed by atoms with van der Waals surface area (Å²) < 4.78 is 60.3. The van der Waals surface area contributed by atoms with Crippen molar-refractivity contribution in [2.45, 2.75) is 75.3 Å². The SMILES string of the molecule is Cn1c(=O)n(C2CCC(=O)NC2=O)c2cccc([C@@H]3CCN(CC4CCC(n5cc6cc(NC(=O)c7cccc(C(F)(F)F)c7)ncc6n5)CC4)C[C@H]3F)c21. The zero-order valence-corrected chi connectivity index (χ0v) is 30.1. The van der Waals surface area contributed by atoms with Crippen LogP contribution in [0.5, 0.6) is 0 Å². The van der Waals surface area contributed by atoms with Gasteiger partial charge in [-0.1, -0.05) is 18.2 Å². The highest BCUT2D eigenvalue weighted by atomic mass is 19.4. The Morgan fingerprint density at radius 3 is 2.53 bits per heavy atom. The Morgan fingerprint density at radius 2 is 1.78 bits per heavy atom. The Bertz CT molecular complexity index is 2360. The number of imide groups is 1. The van der Waals surface area contributed by atoms with E-state index in [2.05, 4.69) is 20.5 Å². The number of hydrogen-bond donors (Lipinski definition) is 2. The second-order valence-electron chi connectivity index (χ2n) is 15.0. The molecule has 1 saturated carbocycles. The summed E-state index contributed by atoms with van der Waals surface area (Å²) >= 11 is 0. The van der Waals surface area contributed by atoms with Crippen molar-refractivity contribution in [2.24, 2.45) is 13.0 Å². The maximum atomic E-state index is 16.1. The number of piperidine rings is 2. The fourth-order valence-corrected chi connectivity index (χ4v) is 8.67. The topological polar surface area (TPSA) is 136 Å². The van der Waals surface area contributed by atoms with Crippen LogP contribution in [0.4, 0.5) is 23.4 Å². The molecule has 0 spiro atoms. The molecule has 1 unspecified atom stereocenters. The lowest BCUT2D eigenvalue weighted by Crippen LogP contribution is -2.44. The third-order valence-electron chi connectivity index (χ3n) is 11.5. The average Bonchev–Trinajstić information content (AvgIpc) is 3.69. The molecule has 5 aromatic rings. The van der Waals surface area contributed by atoms with Gasteiger partial charge in [0.25, 0.3) is 5.91 Å². The number of carbonyl (C=O) groups excluding carboxylic acids is 3. The summed E-state index contributed by atoms with van der Waals surface area (Å²) in [6.45, 7) is 1.79. The molecular formula is C39H40F4N8O4. The minimum absolute atomic E-state index is 0.124. The molecule has 3 fully saturated rings. The van der Waals surface area contributed by atoms with Gasteiger partial charge in [-0.15, -0.1) is 0 Å². The second kappa shape index (κ2) is 14.4. The van der Waals surface area contributed by atoms with Crippen LogP contribution in [0.15, 0.2) is 65.7 Å². The van der Waals surface area contributed by atoms with Crippen molar-refractivity contribution < 1.29 is 31.9 Å². The number of halogens is 4. The van der Waals surface area contributed by atoms with Crippen LogP contribution in [-0.4, -0.2) is 72.3 Å². The van der Waals surface area contributed by atoms with Crippen LogP contribution in [0.1, 0.15) is 84.4 Å². The second-order valence-corrected chi connectivity index (χ2v) is 15.0. The van der Waals surface area contributed by atoms with Gasteiger partial charge < -0.3 is 10.2 Å². The van der Waals surface area contributed by atoms with E-state index < -0.39 is 41.7 Å². The number of amides is 3. The summed E-state index contributed by atoms with van der Waals surface area (Å²) in [6, 6.07) is 10.7. The van der Waals surface area contributed by atoms with E-state index >= 15 is 4.39 Å². The summed E-state index contributed by atoms with van der Waals surface area (Å²) in [4.78, 5) is 57.0. The Balaban J connectivity index is 0.872. The van der Waals surface area contributed by atoms with Crippen molar-refractivity contribution in [3.8, 4) is 0 Å². The predicted octanol–water partition coefficient (Wildman–Crippen LogP) is 5.89. The zero-order chi connectivity index (χ0) is 38.6. The summed E-state index contributed by atoms with van der Waals surface area (Å²) in [5.41, 5.74) is 1.18. The van der Waals surface area contributed by atoms with Crippen LogP contribution < -0.4 is 16.3 Å². The number of aromatic nitrogens is 5. The standard InChI is InChI=1S/C39H40F4N8O4/c1-48-35-28(6-3-7-31(35)51(38(48)55)32-12-13-34(52)46-37(32)54)27-14-15-49(21-29(27)40)19-22-8-10-26(11-9-22)50-20-24-17-33(44-18-30(24)47-50)45-36(53)23-4-2-5-25(16-23)39(41,42)43/h2-7,16-18,20,22,26-27,29,32H,8-15,19,21H2,1H3,(H,45,53)(H,46,52,54)/t22?,26?,27-,29+,32?/m0/s1. The van der Waals surface area contributed by atoms with Gasteiger partial charge in [-0.05, 0) is 86.9 Å². The smallest absolute Gasteiger partial charge is 0.307 e. The minimum Gasteiger partial charge on any atom is -0.307 e. The highest BCUT2D eigenvalue weighted by molar-refractivity contribution is 6.04. The van der Waals surface area contributed by atoms with Gasteiger partial charge in [0.15, 0.2) is 0 Å². The first-order chi connectivity index (χ1) is 26.3. The molecule has 55 heavy (non-hydrogen) atoms. The number of rotatable bonds is 7. The molecule has 2 N–H and O–H groups in total. The molecule has 0 radical (unpaired) electrons. The molecular weight excluding hydrogens is 720 g/mol. The van der Waals surface area contributed by atoms with Crippen LogP contribution in [-0.2, 0) is 22.8 Å². The first-order valence-electron chi connectivity index (χ1n) is 18.6. The normalized spacial score (nSPS) is 24.0. The van der Waals surface area contributed by atoms with Gasteiger partial charge in [0.2, 0.25) is 11.8 Å². The van der Waals surface area contributed by atoms with Gasteiger partial charge in [-0.25, -0.2) is 14.2 Å². The van der Waals surface area contributed by atoms with E-state index in [1.54, 1.807) is 25.2 Å². The molecule has 3 atom stereocenters. The monoisotopic (exact) mass is 760 g/mol. The van der Waals surface area contributed by atoms with Crippen LogP contribution in [0.2, 0.25) is 0 Å². The number of alkyl halides is 4. The average molecular weight is 761 g/mol. The molecule has 3 aromatic heterocycles. The van der Waals surface area contributed by atoms with Gasteiger partial charge in [0.1, 0.15) is 23.5 Å². The van der Waals surface area contributed by atoms with Crippen molar-refractivity contribution in [3.63, 3.8) is 0 Å². The molecule has 16 heteroatoms. The van der Waals surface area contributed by atoms with E-state index in [9.17, 15) is 32.3 Å². The number of benzene rings is 2. The molecule has 3 aliphatic rings. The fraction of sp³-hybridized carbons (Fsp3) is 0.436. The summed E-state index contributed by atoms with van der Waals surface area (Å²) in [5, 5.41) is 10.4. The van der Waals surface area contributed by atoms with Gasteiger partial charge in [0, 0.05) is 49.6 Å². The highest BCUT2D eigenvalue weighted by Gasteiger charge is 2.36. The van der Waals surface area contributed by atoms with Crippen molar-refractivity contribution in [2.75, 3.05) is 25.0 Å². The lowest BCUT2D eigenvalue weighted by molar-refractivity contribution is -0.138. The maximum absolute atomic E-state index is 16.1. The first kappa shape index (κ1) is 36.6. The van der Waals surface area contributed by atoms with E-state index in [-0.39, 0.29) is 48.4 Å². The number of anilines is 1. The Kier molecular flexibility index (Phi) is 9.55. The van der Waals surface area contributed by atoms with Gasteiger partial charge in [-0.3, -0.25) is 33.5 Å². The third-order valence-corrected chi connectivity index (χ3v) is 11.5. The number of fused-ring (bicyclic) bond motifs is 2. The molecule has 288 valence electrons. The lowest BCUT2D eigenvalue weighted by atomic mass is 9.83. The predicted molar refractivity (Wildman–Crippen MR) is 195 cm³/mol. The van der Waals surface area contributed by atoms with Gasteiger partial charge in [0.05, 0.1) is 28.8 Å². The molecule has 5 heterocycles. The Labute approximate surface area is 312 Å². The Hall–Kier alpha value is -5.38. The molecule has 8 rings (SSSR count). The van der Waals surface area contributed by atoms with E-state index in [1.807, 2.05) is 16.9 Å². The molecule has 0 bridgehead atoms. The first-order valence-corrected chi connectivity index (χ1v) is 18.6. The van der Waals surface area contributed by atoms with Gasteiger partial charge in [-0.2, -0.15) is 18.3 Å². The number of nitrogens with zero attached hydrogens (tertiary/aromatic N) is 6. The van der Waals surface area contributed by atoms with Crippen LogP contribution >= 0.6 is 0 Å². The molecule has 2 aliphatic heterocycles. The molecule has 2 saturated heterocycles. The van der Waals surface area contributed by atoms with Crippen LogP contribution in [0.25, 0.3) is 21.9 Å². The van der Waals surface area contributed by atoms with Crippen LogP contribution in [0.3, 0.4) is 0 Å². The number of para-hydroxylation sites is 1. The number of likely N-dealkylation sites (tertiary alicyclic amines) is 1. The summed E-state index contributed by atoms with van der Waals surface area (Å²) in [5.74, 6) is -1.36. The largest absolute Gasteiger partial charge is 0.416 e. The fourth-order valence-electron chi connectivity index (χ4n) is 8.67. The number of nitrogens with one attached hydrogen (secondary N) is 2. The number of carbonyl (C=O) groups is 3. The lowest BCUT2D eigenvalue weighted by Gasteiger charge is -2.38. The van der Waals surface area contributed by atoms with E-state index in [1.165, 1.54) is 27.5 Å². The van der Waals surface area contributed by atoms with E-state index in [4.69, 9.17) is 5.10 Å². The van der Waals surface area contributed by atoms with Crippen LogP contribution in [0, 0.1) is 5.92 Å². The molecule has 3 amide bonds. The molecule has 2 aromatic carbocycles. The number of pyridine rings is 1. The Morgan fingerprint density at radius 1 is 1.00 bits per heavy atom. The number of imidazole rings is 1. The molecule has 1 aliphatic carbocycles. The van der Waals surface area contributed by atoms with Crippen molar-refractivity contribution in [1.29, 1.82) is 0 Å². The maximum Gasteiger partial charge on any atom is 0.416 e. The molecule has 12 nitrogen and oxygen atoms in total. The summed E-state index contributed by atoms with van der Waals surface area (Å²) in [7, 11) is 1.64. The minimum atomic E-state index is -4.56. The quantitative estimate of drug-likeness (QED) is 0.156. The zero-order valence-electron chi connectivity index (χ0n) is 30.1. The summed E-state index contributed by atoms with van der Waals surface area (Å²) in [6.07, 6.45) is 2.37.